The molecule has 3 aromatic rings. The first-order valence-electron chi connectivity index (χ1n) is 8.67. The summed E-state index contributed by atoms with van der Waals surface area (Å²) in [5, 5.41) is 8.88. The maximum Gasteiger partial charge on any atom is 0.255 e. The molecule has 0 saturated heterocycles. The van der Waals surface area contributed by atoms with Crippen molar-refractivity contribution in [3.8, 4) is 0 Å². The van der Waals surface area contributed by atoms with Gasteiger partial charge in [0.1, 0.15) is 5.82 Å². The molecule has 1 aromatic heterocycles. The number of hydrogen-bond donors (Lipinski definition) is 3. The molecule has 0 aliphatic carbocycles. The Morgan fingerprint density at radius 2 is 1.68 bits per heavy atom. The molecule has 0 fully saturated rings. The normalized spacial score (nSPS) is 10.4. The van der Waals surface area contributed by atoms with E-state index in [-0.39, 0.29) is 5.56 Å². The van der Waals surface area contributed by atoms with Gasteiger partial charge in [-0.05, 0) is 56.3 Å². The Morgan fingerprint density at radius 3 is 2.36 bits per heavy atom. The molecule has 0 aliphatic rings. The number of carbonyl (C=O) groups is 1. The number of nitrogens with zero attached hydrogens (tertiary/aromatic N) is 2. The van der Waals surface area contributed by atoms with Crippen molar-refractivity contribution < 1.29 is 13.6 Å². The largest absolute Gasteiger partial charge is 0.354 e. The van der Waals surface area contributed by atoms with E-state index in [1.807, 2.05) is 19.9 Å². The molecule has 2 aromatic carbocycles. The number of nitrogens with one attached hydrogen (secondary N) is 3. The van der Waals surface area contributed by atoms with Crippen molar-refractivity contribution in [2.24, 2.45) is 0 Å². The Labute approximate surface area is 161 Å². The van der Waals surface area contributed by atoms with E-state index >= 15 is 0 Å². The Hall–Kier alpha value is -3.55. The lowest BCUT2D eigenvalue weighted by atomic mass is 10.2. The molecule has 3 N–H and O–H groups in total. The van der Waals surface area contributed by atoms with Crippen LogP contribution in [-0.2, 0) is 0 Å². The van der Waals surface area contributed by atoms with Gasteiger partial charge in [-0.2, -0.15) is 4.98 Å². The monoisotopic (exact) mass is 383 g/mol. The standard InChI is InChI=1S/C20H19F2N5O/c1-3-23-20-24-12(2)10-18(27-20)25-14-5-7-15(8-6-14)26-19(28)13-4-9-16(21)17(22)11-13/h4-11H,3H2,1-2H3,(H,26,28)(H2,23,24,25,27). The van der Waals surface area contributed by atoms with Crippen LogP contribution in [0.4, 0.5) is 31.9 Å². The zero-order valence-corrected chi connectivity index (χ0v) is 15.4. The SMILES string of the molecule is CCNc1nc(C)cc(Nc2ccc(NC(=O)c3ccc(F)c(F)c3)cc2)n1. The molecule has 0 spiro atoms. The number of carbonyl (C=O) groups excluding carboxylic acids is 1. The van der Waals surface area contributed by atoms with Crippen LogP contribution in [0.25, 0.3) is 0 Å². The van der Waals surface area contributed by atoms with E-state index in [1.165, 1.54) is 6.07 Å². The summed E-state index contributed by atoms with van der Waals surface area (Å²) in [6.45, 7) is 4.56. The van der Waals surface area contributed by atoms with Gasteiger partial charge in [-0.25, -0.2) is 13.8 Å². The molecular formula is C20H19F2N5O. The minimum atomic E-state index is -1.07. The topological polar surface area (TPSA) is 78.9 Å². The van der Waals surface area contributed by atoms with Gasteiger partial charge in [0.25, 0.3) is 5.91 Å². The highest BCUT2D eigenvalue weighted by Crippen LogP contribution is 2.20. The molecule has 0 atom stereocenters. The number of amides is 1. The third-order valence-corrected chi connectivity index (χ3v) is 3.79. The summed E-state index contributed by atoms with van der Waals surface area (Å²) in [6.07, 6.45) is 0. The van der Waals surface area contributed by atoms with Crippen LogP contribution in [0.1, 0.15) is 23.0 Å². The molecule has 3 rings (SSSR count). The second kappa shape index (κ2) is 8.43. The van der Waals surface area contributed by atoms with E-state index in [1.54, 1.807) is 24.3 Å². The van der Waals surface area contributed by atoms with Crippen LogP contribution >= 0.6 is 0 Å². The lowest BCUT2D eigenvalue weighted by Gasteiger charge is -2.10. The first-order chi connectivity index (χ1) is 13.4. The van der Waals surface area contributed by atoms with Gasteiger partial charge in [-0.3, -0.25) is 4.79 Å². The van der Waals surface area contributed by atoms with Gasteiger partial charge >= 0.3 is 0 Å². The summed E-state index contributed by atoms with van der Waals surface area (Å²) in [7, 11) is 0. The Kier molecular flexibility index (Phi) is 5.78. The summed E-state index contributed by atoms with van der Waals surface area (Å²) in [6, 6.07) is 11.8. The van der Waals surface area contributed by atoms with Crippen molar-refractivity contribution in [3.63, 3.8) is 0 Å². The molecule has 0 bridgehead atoms. The van der Waals surface area contributed by atoms with Crippen LogP contribution in [-0.4, -0.2) is 22.4 Å². The quantitative estimate of drug-likeness (QED) is 0.584. The molecule has 144 valence electrons. The van der Waals surface area contributed by atoms with Crippen LogP contribution in [0, 0.1) is 18.6 Å². The smallest absolute Gasteiger partial charge is 0.255 e. The van der Waals surface area contributed by atoms with Gasteiger partial charge in [0.2, 0.25) is 5.95 Å². The van der Waals surface area contributed by atoms with Crippen LogP contribution in [0.5, 0.6) is 0 Å². The molecule has 0 radical (unpaired) electrons. The van der Waals surface area contributed by atoms with Crippen molar-refractivity contribution in [2.45, 2.75) is 13.8 Å². The van der Waals surface area contributed by atoms with Crippen LogP contribution < -0.4 is 16.0 Å². The fourth-order valence-electron chi connectivity index (χ4n) is 2.50. The fourth-order valence-corrected chi connectivity index (χ4v) is 2.50. The summed E-state index contributed by atoms with van der Waals surface area (Å²) in [5.74, 6) is -1.41. The molecule has 28 heavy (non-hydrogen) atoms. The number of benzene rings is 2. The highest BCUT2D eigenvalue weighted by atomic mass is 19.2. The summed E-state index contributed by atoms with van der Waals surface area (Å²) in [5.41, 5.74) is 2.15. The molecule has 0 aliphatic heterocycles. The molecule has 1 heterocycles. The number of aryl methyl sites for hydroxylation is 1. The van der Waals surface area contributed by atoms with E-state index in [4.69, 9.17) is 0 Å². The molecule has 0 unspecified atom stereocenters. The predicted octanol–water partition coefficient (Wildman–Crippen LogP) is 4.49. The van der Waals surface area contributed by atoms with E-state index in [0.717, 1.165) is 30.1 Å². The lowest BCUT2D eigenvalue weighted by molar-refractivity contribution is 0.102. The molecule has 1 amide bonds. The fraction of sp³-hybridized carbons (Fsp3) is 0.150. The summed E-state index contributed by atoms with van der Waals surface area (Å²) < 4.78 is 26.2. The molecule has 6 nitrogen and oxygen atoms in total. The van der Waals surface area contributed by atoms with Crippen LogP contribution in [0.3, 0.4) is 0 Å². The number of aromatic nitrogens is 2. The highest BCUT2D eigenvalue weighted by molar-refractivity contribution is 6.04. The Balaban J connectivity index is 1.68. The Morgan fingerprint density at radius 1 is 0.964 bits per heavy atom. The van der Waals surface area contributed by atoms with Gasteiger partial charge < -0.3 is 16.0 Å². The van der Waals surface area contributed by atoms with E-state index in [9.17, 15) is 13.6 Å². The van der Waals surface area contributed by atoms with Crippen molar-refractivity contribution in [2.75, 3.05) is 22.5 Å². The van der Waals surface area contributed by atoms with Gasteiger partial charge in [-0.15, -0.1) is 0 Å². The van der Waals surface area contributed by atoms with Crippen molar-refractivity contribution in [1.29, 1.82) is 0 Å². The van der Waals surface area contributed by atoms with Crippen molar-refractivity contribution in [1.82, 2.24) is 9.97 Å². The van der Waals surface area contributed by atoms with E-state index in [2.05, 4.69) is 25.9 Å². The number of hydrogen-bond acceptors (Lipinski definition) is 5. The van der Waals surface area contributed by atoms with Crippen molar-refractivity contribution >= 4 is 29.0 Å². The molecule has 8 heteroatoms. The number of rotatable bonds is 6. The van der Waals surface area contributed by atoms with Gasteiger partial charge in [-0.1, -0.05) is 0 Å². The average molecular weight is 383 g/mol. The maximum atomic E-state index is 13.3. The first kappa shape index (κ1) is 19.2. The third-order valence-electron chi connectivity index (χ3n) is 3.79. The first-order valence-corrected chi connectivity index (χ1v) is 8.67. The van der Waals surface area contributed by atoms with Crippen LogP contribution in [0.2, 0.25) is 0 Å². The lowest BCUT2D eigenvalue weighted by Crippen LogP contribution is -2.12. The van der Waals surface area contributed by atoms with E-state index < -0.39 is 17.5 Å². The maximum absolute atomic E-state index is 13.3. The second-order valence-corrected chi connectivity index (χ2v) is 6.03. The van der Waals surface area contributed by atoms with E-state index in [0.29, 0.717) is 17.5 Å². The zero-order valence-electron chi connectivity index (χ0n) is 15.4. The summed E-state index contributed by atoms with van der Waals surface area (Å²) in [4.78, 5) is 20.8. The van der Waals surface area contributed by atoms with Gasteiger partial charge in [0, 0.05) is 35.2 Å². The molecular weight excluding hydrogens is 364 g/mol. The van der Waals surface area contributed by atoms with Gasteiger partial charge in [0.05, 0.1) is 0 Å². The number of anilines is 4. The van der Waals surface area contributed by atoms with Crippen LogP contribution in [0.15, 0.2) is 48.5 Å². The second-order valence-electron chi connectivity index (χ2n) is 6.03. The summed E-state index contributed by atoms with van der Waals surface area (Å²) >= 11 is 0. The Bertz CT molecular complexity index is 992. The third kappa shape index (κ3) is 4.79. The van der Waals surface area contributed by atoms with Gasteiger partial charge in [0.15, 0.2) is 11.6 Å². The minimum absolute atomic E-state index is 0.0357. The minimum Gasteiger partial charge on any atom is -0.354 e. The number of halogens is 2. The highest BCUT2D eigenvalue weighted by Gasteiger charge is 2.10. The zero-order chi connectivity index (χ0) is 20.1. The average Bonchev–Trinajstić information content (AvgIpc) is 2.65. The predicted molar refractivity (Wildman–Crippen MR) is 105 cm³/mol. The van der Waals surface area contributed by atoms with Crippen molar-refractivity contribution in [3.05, 3.63) is 71.4 Å². The molecule has 0 saturated carbocycles.